The van der Waals surface area contributed by atoms with Crippen molar-refractivity contribution in [1.29, 1.82) is 0 Å². The fourth-order valence-electron chi connectivity index (χ4n) is 0.596. The summed E-state index contributed by atoms with van der Waals surface area (Å²) in [6.07, 6.45) is -0.0887. The molecule has 0 aliphatic heterocycles. The number of carbonyl (C=O) groups is 1. The summed E-state index contributed by atoms with van der Waals surface area (Å²) in [6, 6.07) is 1.23. The van der Waals surface area contributed by atoms with Gasteiger partial charge < -0.3 is 5.11 Å². The molecule has 1 aromatic rings. The number of hydrogen-bond acceptors (Lipinski definition) is 2. The Morgan fingerprint density at radius 2 is 2.50 bits per heavy atom. The third kappa shape index (κ3) is 1.80. The van der Waals surface area contributed by atoms with Crippen LogP contribution in [0.2, 0.25) is 0 Å². The van der Waals surface area contributed by atoms with Crippen LogP contribution in [0.3, 0.4) is 0 Å². The molecule has 2 nitrogen and oxygen atoms in total. The van der Waals surface area contributed by atoms with Crippen LogP contribution in [-0.4, -0.2) is 11.1 Å². The zero-order chi connectivity index (χ0) is 7.56. The number of aliphatic carboxylic acids is 1. The summed E-state index contributed by atoms with van der Waals surface area (Å²) in [5.41, 5.74) is 0. The summed E-state index contributed by atoms with van der Waals surface area (Å²) in [7, 11) is 0. The van der Waals surface area contributed by atoms with E-state index in [1.807, 2.05) is 0 Å². The van der Waals surface area contributed by atoms with Crippen LogP contribution in [0.25, 0.3) is 0 Å². The molecule has 0 bridgehead atoms. The largest absolute Gasteiger partial charge is 0.481 e. The smallest absolute Gasteiger partial charge is 0.308 e. The normalized spacial score (nSPS) is 9.70. The van der Waals surface area contributed by atoms with Crippen LogP contribution in [0.4, 0.5) is 4.39 Å². The Labute approximate surface area is 60.9 Å². The van der Waals surface area contributed by atoms with Gasteiger partial charge in [0.15, 0.2) is 0 Å². The van der Waals surface area contributed by atoms with Crippen molar-refractivity contribution in [3.8, 4) is 0 Å². The second-order valence-corrected chi connectivity index (χ2v) is 2.80. The summed E-state index contributed by atoms with van der Waals surface area (Å²) >= 11 is 1.12. The molecule has 0 fully saturated rings. The monoisotopic (exact) mass is 160 g/mol. The van der Waals surface area contributed by atoms with Crippen molar-refractivity contribution < 1.29 is 14.3 Å². The molecule has 0 radical (unpaired) electrons. The predicted octanol–water partition coefficient (Wildman–Crippen LogP) is 1.51. The van der Waals surface area contributed by atoms with Gasteiger partial charge in [-0.3, -0.25) is 4.79 Å². The molecule has 10 heavy (non-hydrogen) atoms. The molecule has 0 spiro atoms. The predicted molar refractivity (Wildman–Crippen MR) is 35.6 cm³/mol. The van der Waals surface area contributed by atoms with E-state index >= 15 is 0 Å². The van der Waals surface area contributed by atoms with Crippen molar-refractivity contribution in [3.05, 3.63) is 22.1 Å². The fourth-order valence-corrected chi connectivity index (χ4v) is 1.31. The molecule has 0 aliphatic rings. The Bertz CT molecular complexity index is 244. The Morgan fingerprint density at radius 3 is 2.90 bits per heavy atom. The molecule has 0 unspecified atom stereocenters. The van der Waals surface area contributed by atoms with E-state index in [0.29, 0.717) is 4.88 Å². The molecule has 1 aromatic heterocycles. The zero-order valence-electron chi connectivity index (χ0n) is 5.00. The number of hydrogen-bond donors (Lipinski definition) is 1. The lowest BCUT2D eigenvalue weighted by molar-refractivity contribution is -0.136. The summed E-state index contributed by atoms with van der Waals surface area (Å²) < 4.78 is 12.2. The molecule has 4 heteroatoms. The van der Waals surface area contributed by atoms with Crippen molar-refractivity contribution >= 4 is 17.3 Å². The molecule has 1 rings (SSSR count). The highest BCUT2D eigenvalue weighted by molar-refractivity contribution is 7.10. The molecule has 0 amide bonds. The number of carboxylic acid groups (broad SMARTS) is 1. The van der Waals surface area contributed by atoms with Crippen molar-refractivity contribution in [2.75, 3.05) is 0 Å². The van der Waals surface area contributed by atoms with Crippen LogP contribution < -0.4 is 0 Å². The van der Waals surface area contributed by atoms with Gasteiger partial charge in [0.1, 0.15) is 5.82 Å². The van der Waals surface area contributed by atoms with Crippen LogP contribution in [0.5, 0.6) is 0 Å². The number of carboxylic acids is 1. The van der Waals surface area contributed by atoms with Crippen LogP contribution in [0.15, 0.2) is 11.4 Å². The molecule has 0 atom stereocenters. The molecule has 54 valence electrons. The molecular weight excluding hydrogens is 155 g/mol. The van der Waals surface area contributed by atoms with Gasteiger partial charge in [-0.1, -0.05) is 0 Å². The highest BCUT2D eigenvalue weighted by Crippen LogP contribution is 2.13. The van der Waals surface area contributed by atoms with E-state index in [9.17, 15) is 9.18 Å². The molecular formula is C6H5FO2S. The fraction of sp³-hybridized carbons (Fsp3) is 0.167. The van der Waals surface area contributed by atoms with E-state index in [4.69, 9.17) is 5.11 Å². The Hall–Kier alpha value is -0.900. The van der Waals surface area contributed by atoms with Crippen LogP contribution in [0.1, 0.15) is 4.88 Å². The molecule has 0 saturated heterocycles. The SMILES string of the molecule is O=C(O)Cc1cc(F)cs1. The summed E-state index contributed by atoms with van der Waals surface area (Å²) in [4.78, 5) is 10.6. The molecule has 1 N–H and O–H groups in total. The quantitative estimate of drug-likeness (QED) is 0.712. The molecule has 0 saturated carbocycles. The first kappa shape index (κ1) is 7.21. The first-order valence-electron chi connectivity index (χ1n) is 2.63. The zero-order valence-corrected chi connectivity index (χ0v) is 5.82. The topological polar surface area (TPSA) is 37.3 Å². The van der Waals surface area contributed by atoms with Gasteiger partial charge >= 0.3 is 5.97 Å². The van der Waals surface area contributed by atoms with E-state index in [-0.39, 0.29) is 12.2 Å². The van der Waals surface area contributed by atoms with Crippen molar-refractivity contribution in [2.24, 2.45) is 0 Å². The van der Waals surface area contributed by atoms with E-state index in [1.165, 1.54) is 11.4 Å². The van der Waals surface area contributed by atoms with Gasteiger partial charge in [0, 0.05) is 10.3 Å². The molecule has 0 aliphatic carbocycles. The highest BCUT2D eigenvalue weighted by Gasteiger charge is 2.02. The lowest BCUT2D eigenvalue weighted by Crippen LogP contribution is -1.97. The summed E-state index contributed by atoms with van der Waals surface area (Å²) in [6.45, 7) is 0. The number of thiophene rings is 1. The third-order valence-corrected chi connectivity index (χ3v) is 1.86. The Kier molecular flexibility index (Phi) is 2.01. The van der Waals surface area contributed by atoms with Crippen molar-refractivity contribution in [3.63, 3.8) is 0 Å². The third-order valence-electron chi connectivity index (χ3n) is 0.947. The maximum absolute atomic E-state index is 12.2. The maximum atomic E-state index is 12.2. The van der Waals surface area contributed by atoms with Crippen LogP contribution in [0, 0.1) is 5.82 Å². The average Bonchev–Trinajstić information content (AvgIpc) is 2.13. The first-order valence-corrected chi connectivity index (χ1v) is 3.51. The summed E-state index contributed by atoms with van der Waals surface area (Å²) in [5, 5.41) is 9.55. The lowest BCUT2D eigenvalue weighted by atomic mass is 10.3. The standard InChI is InChI=1S/C6H5FO2S/c7-4-1-5(10-3-4)2-6(8)9/h1,3H,2H2,(H,8,9). The van der Waals surface area contributed by atoms with Gasteiger partial charge in [-0.15, -0.1) is 11.3 Å². The van der Waals surface area contributed by atoms with Crippen molar-refractivity contribution in [2.45, 2.75) is 6.42 Å². The van der Waals surface area contributed by atoms with Gasteiger partial charge in [-0.2, -0.15) is 0 Å². The van der Waals surface area contributed by atoms with Gasteiger partial charge in [0.2, 0.25) is 0 Å². The highest BCUT2D eigenvalue weighted by atomic mass is 32.1. The number of rotatable bonds is 2. The van der Waals surface area contributed by atoms with Crippen LogP contribution in [-0.2, 0) is 11.2 Å². The maximum Gasteiger partial charge on any atom is 0.308 e. The Morgan fingerprint density at radius 1 is 1.80 bits per heavy atom. The van der Waals surface area contributed by atoms with Gasteiger partial charge in [-0.05, 0) is 6.07 Å². The van der Waals surface area contributed by atoms with Gasteiger partial charge in [0.05, 0.1) is 6.42 Å². The Balaban J connectivity index is 2.67. The average molecular weight is 160 g/mol. The van der Waals surface area contributed by atoms with E-state index in [1.54, 1.807) is 0 Å². The minimum absolute atomic E-state index is 0.0887. The molecule has 0 aromatic carbocycles. The lowest BCUT2D eigenvalue weighted by Gasteiger charge is -1.85. The summed E-state index contributed by atoms with van der Waals surface area (Å²) in [5.74, 6) is -1.29. The van der Waals surface area contributed by atoms with Gasteiger partial charge in [0.25, 0.3) is 0 Å². The van der Waals surface area contributed by atoms with E-state index < -0.39 is 5.97 Å². The van der Waals surface area contributed by atoms with Crippen LogP contribution >= 0.6 is 11.3 Å². The van der Waals surface area contributed by atoms with E-state index in [0.717, 1.165) is 11.3 Å². The van der Waals surface area contributed by atoms with E-state index in [2.05, 4.69) is 0 Å². The second kappa shape index (κ2) is 2.79. The minimum Gasteiger partial charge on any atom is -0.481 e. The molecule has 1 heterocycles. The first-order chi connectivity index (χ1) is 4.68. The van der Waals surface area contributed by atoms with Gasteiger partial charge in [-0.25, -0.2) is 4.39 Å². The minimum atomic E-state index is -0.929. The number of halogens is 1. The second-order valence-electron chi connectivity index (χ2n) is 1.80. The van der Waals surface area contributed by atoms with Crippen molar-refractivity contribution in [1.82, 2.24) is 0 Å².